The largest absolute Gasteiger partial charge is 0.425 e. The first-order valence-corrected chi connectivity index (χ1v) is 19.1. The second-order valence-corrected chi connectivity index (χ2v) is 22.0. The van der Waals surface area contributed by atoms with Gasteiger partial charge in [0, 0.05) is 0 Å². The quantitative estimate of drug-likeness (QED) is 0.598. The first kappa shape index (κ1) is 18.8. The van der Waals surface area contributed by atoms with Crippen LogP contribution >= 0.6 is 0 Å². The molecule has 0 aromatic carbocycles. The first-order chi connectivity index (χ1) is 9.08. The molecule has 1 aliphatic heterocycles. The van der Waals surface area contributed by atoms with Crippen LogP contribution in [0.2, 0.25) is 39.3 Å². The van der Waals surface area contributed by atoms with E-state index in [2.05, 4.69) is 6.58 Å². The molecular formula is C8H26O6Si6. The zero-order valence-electron chi connectivity index (χ0n) is 13.2. The lowest BCUT2D eigenvalue weighted by molar-refractivity contribution is 0.277. The molecule has 0 aromatic rings. The molecule has 0 saturated carbocycles. The Hall–Kier alpha value is 0.801. The molecule has 0 aliphatic carbocycles. The molecule has 0 aromatic heterocycles. The van der Waals surface area contributed by atoms with Crippen LogP contribution in [0.15, 0.2) is 12.3 Å². The molecule has 12 heteroatoms. The molecule has 1 saturated heterocycles. The summed E-state index contributed by atoms with van der Waals surface area (Å²) in [6.45, 7) is 16.0. The molecule has 1 fully saturated rings. The van der Waals surface area contributed by atoms with Crippen molar-refractivity contribution in [2.24, 2.45) is 0 Å². The molecule has 6 nitrogen and oxygen atoms in total. The molecule has 0 radical (unpaired) electrons. The summed E-state index contributed by atoms with van der Waals surface area (Å²) in [5.41, 5.74) is 1.79. The van der Waals surface area contributed by atoms with E-state index in [9.17, 15) is 0 Å². The Kier molecular flexibility index (Phi) is 6.95. The highest BCUT2D eigenvalue weighted by Crippen LogP contribution is 2.23. The predicted molar refractivity (Wildman–Crippen MR) is 93.4 cm³/mol. The molecule has 1 aliphatic rings. The van der Waals surface area contributed by atoms with Crippen molar-refractivity contribution in [3.8, 4) is 0 Å². The fourth-order valence-electron chi connectivity index (χ4n) is 2.03. The number of rotatable bonds is 1. The molecule has 2 atom stereocenters. The zero-order chi connectivity index (χ0) is 15.4. The summed E-state index contributed by atoms with van der Waals surface area (Å²) in [4.78, 5) is 0. The molecule has 0 amide bonds. The molecule has 2 unspecified atom stereocenters. The van der Waals surface area contributed by atoms with Gasteiger partial charge in [0.25, 0.3) is 29.3 Å². The van der Waals surface area contributed by atoms with E-state index in [-0.39, 0.29) is 0 Å². The molecule has 0 bridgehead atoms. The highest BCUT2D eigenvalue weighted by molar-refractivity contribution is 6.88. The molecule has 20 heavy (non-hydrogen) atoms. The minimum atomic E-state index is -2.42. The van der Waals surface area contributed by atoms with Gasteiger partial charge in [0.15, 0.2) is 0 Å². The summed E-state index contributed by atoms with van der Waals surface area (Å²) >= 11 is 0. The summed E-state index contributed by atoms with van der Waals surface area (Å²) in [7, 11) is -10.8. The summed E-state index contributed by atoms with van der Waals surface area (Å²) in [5, 5.41) is 0. The van der Waals surface area contributed by atoms with Crippen molar-refractivity contribution in [3.63, 3.8) is 0 Å². The van der Waals surface area contributed by atoms with Gasteiger partial charge < -0.3 is 24.7 Å². The van der Waals surface area contributed by atoms with Gasteiger partial charge >= 0.3 is 25.7 Å². The topological polar surface area (TPSA) is 55.4 Å². The maximum Gasteiger partial charge on any atom is 0.343 e. The minimum absolute atomic E-state index is 1.01. The molecular weight excluding hydrogens is 361 g/mol. The fraction of sp³-hybridized carbons (Fsp3) is 0.750. The lowest BCUT2D eigenvalue weighted by Crippen LogP contribution is -2.57. The van der Waals surface area contributed by atoms with E-state index in [0.29, 0.717) is 0 Å². The van der Waals surface area contributed by atoms with Crippen LogP contribution in [0.5, 0.6) is 0 Å². The van der Waals surface area contributed by atoms with Gasteiger partial charge in [-0.05, 0) is 39.3 Å². The monoisotopic (exact) mass is 386 g/mol. The van der Waals surface area contributed by atoms with E-state index in [4.69, 9.17) is 24.7 Å². The lowest BCUT2D eigenvalue weighted by Gasteiger charge is -2.39. The van der Waals surface area contributed by atoms with Gasteiger partial charge in [-0.25, -0.2) is 0 Å². The van der Waals surface area contributed by atoms with E-state index in [0.717, 1.165) is 0 Å². The number of hydrogen-bond donors (Lipinski definition) is 0. The summed E-state index contributed by atoms with van der Waals surface area (Å²) < 4.78 is 35.8. The zero-order valence-corrected chi connectivity index (χ0v) is 20.2. The van der Waals surface area contributed by atoms with Crippen LogP contribution < -0.4 is 0 Å². The summed E-state index contributed by atoms with van der Waals surface area (Å²) in [6, 6.07) is 0. The third-order valence-corrected chi connectivity index (χ3v) is 21.0. The lowest BCUT2D eigenvalue weighted by atomic mass is 11.3. The van der Waals surface area contributed by atoms with E-state index >= 15 is 0 Å². The fourth-order valence-corrected chi connectivity index (χ4v) is 21.8. The smallest absolute Gasteiger partial charge is 0.343 e. The van der Waals surface area contributed by atoms with Gasteiger partial charge in [0.1, 0.15) is 0 Å². The normalized spacial score (nSPS) is 38.0. The van der Waals surface area contributed by atoms with Crippen molar-refractivity contribution in [1.29, 1.82) is 0 Å². The van der Waals surface area contributed by atoms with Crippen molar-refractivity contribution < 1.29 is 24.7 Å². The number of hydrogen-bond acceptors (Lipinski definition) is 6. The highest BCUT2D eigenvalue weighted by Gasteiger charge is 2.43. The van der Waals surface area contributed by atoms with Crippen LogP contribution in [0.25, 0.3) is 0 Å². The Morgan fingerprint density at radius 1 is 1.00 bits per heavy atom. The molecule has 1 heterocycles. The maximum atomic E-state index is 6.25. The van der Waals surface area contributed by atoms with Crippen molar-refractivity contribution in [2.45, 2.75) is 39.3 Å². The van der Waals surface area contributed by atoms with Crippen LogP contribution in [0, 0.1) is 0 Å². The standard InChI is InChI=1S/C8H26O6Si6/c1-8-20(7)11-16-9-15-10-17(2)12-18(3,4)13-19(5,6)14-20/h8,17H,1,15-16H2,2-7H3. The second-order valence-electron chi connectivity index (χ2n) is 5.66. The molecule has 0 N–H and O–H groups in total. The average Bonchev–Trinajstić information content (AvgIpc) is 2.24. The Morgan fingerprint density at radius 3 is 2.25 bits per heavy atom. The molecule has 0 spiro atoms. The third-order valence-electron chi connectivity index (χ3n) is 2.58. The summed E-state index contributed by atoms with van der Waals surface area (Å²) in [5.74, 6) is 0. The van der Waals surface area contributed by atoms with Crippen LogP contribution in [-0.4, -0.2) is 55.0 Å². The van der Waals surface area contributed by atoms with Gasteiger partial charge in [0.05, 0.1) is 0 Å². The first-order valence-electron chi connectivity index (χ1n) is 6.63. The van der Waals surface area contributed by atoms with Gasteiger partial charge in [-0.15, -0.1) is 6.58 Å². The van der Waals surface area contributed by atoms with Crippen molar-refractivity contribution >= 4 is 55.0 Å². The highest BCUT2D eigenvalue weighted by atomic mass is 28.5. The van der Waals surface area contributed by atoms with Crippen molar-refractivity contribution in [3.05, 3.63) is 12.3 Å². The molecule has 1 rings (SSSR count). The maximum absolute atomic E-state index is 6.25. The van der Waals surface area contributed by atoms with Crippen LogP contribution in [0.1, 0.15) is 0 Å². The van der Waals surface area contributed by atoms with E-state index < -0.39 is 55.0 Å². The molecule has 118 valence electrons. The third kappa shape index (κ3) is 6.71. The van der Waals surface area contributed by atoms with Gasteiger partial charge in [-0.2, -0.15) is 0 Å². The van der Waals surface area contributed by atoms with E-state index in [1.54, 1.807) is 5.70 Å². The van der Waals surface area contributed by atoms with E-state index in [1.807, 2.05) is 39.3 Å². The predicted octanol–water partition coefficient (Wildman–Crippen LogP) is 0.148. The van der Waals surface area contributed by atoms with Crippen LogP contribution in [0.4, 0.5) is 0 Å². The van der Waals surface area contributed by atoms with E-state index in [1.165, 1.54) is 0 Å². The van der Waals surface area contributed by atoms with Crippen LogP contribution in [0.3, 0.4) is 0 Å². The Bertz CT molecular complexity index is 341. The van der Waals surface area contributed by atoms with Gasteiger partial charge in [-0.1, -0.05) is 5.70 Å². The SMILES string of the molecule is C=C[Si]1(C)O[SiH2]O[SiH2]O[SiH](C)O[Si](C)(C)O[Si](C)(C)O1. The van der Waals surface area contributed by atoms with Gasteiger partial charge in [-0.3, -0.25) is 0 Å². The average molecular weight is 387 g/mol. The Balaban J connectivity index is 2.88. The minimum Gasteiger partial charge on any atom is -0.425 e. The Morgan fingerprint density at radius 2 is 1.65 bits per heavy atom. The summed E-state index contributed by atoms with van der Waals surface area (Å²) in [6.07, 6.45) is 0. The second kappa shape index (κ2) is 7.38. The van der Waals surface area contributed by atoms with Crippen molar-refractivity contribution in [1.82, 2.24) is 0 Å². The van der Waals surface area contributed by atoms with Crippen molar-refractivity contribution in [2.75, 3.05) is 0 Å². The van der Waals surface area contributed by atoms with Crippen LogP contribution in [-0.2, 0) is 24.7 Å². The Labute approximate surface area is 131 Å². The van der Waals surface area contributed by atoms with Gasteiger partial charge in [0.2, 0.25) is 0 Å².